The number of hydrogen-bond donors (Lipinski definition) is 0. The monoisotopic (exact) mass is 263 g/mol. The van der Waals surface area contributed by atoms with E-state index in [-0.39, 0.29) is 0 Å². The minimum absolute atomic E-state index is 0.489. The minimum atomic E-state index is 0.489. The van der Waals surface area contributed by atoms with E-state index in [1.54, 1.807) is 0 Å². The van der Waals surface area contributed by atoms with Gasteiger partial charge in [0.2, 0.25) is 0 Å². The van der Waals surface area contributed by atoms with Crippen molar-refractivity contribution in [2.45, 2.75) is 25.4 Å². The van der Waals surface area contributed by atoms with Gasteiger partial charge in [0.25, 0.3) is 0 Å². The van der Waals surface area contributed by atoms with Crippen molar-refractivity contribution in [1.29, 1.82) is 0 Å². The van der Waals surface area contributed by atoms with Gasteiger partial charge in [-0.2, -0.15) is 0 Å². The molecule has 1 aromatic carbocycles. The lowest BCUT2D eigenvalue weighted by Crippen LogP contribution is -2.45. The summed E-state index contributed by atoms with van der Waals surface area (Å²) < 4.78 is 0. The van der Waals surface area contributed by atoms with E-state index in [2.05, 4.69) is 54.5 Å². The Morgan fingerprint density at radius 1 is 1.05 bits per heavy atom. The van der Waals surface area contributed by atoms with Crippen molar-refractivity contribution in [1.82, 2.24) is 4.90 Å². The second kappa shape index (κ2) is 5.64. The molecule has 0 bridgehead atoms. The molecule has 2 aliphatic rings. The first-order valence-electron chi connectivity index (χ1n) is 7.29. The lowest BCUT2D eigenvalue weighted by atomic mass is 9.82. The van der Waals surface area contributed by atoms with Crippen molar-refractivity contribution in [2.24, 2.45) is 0 Å². The quantitative estimate of drug-likeness (QED) is 0.778. The molecule has 0 radical (unpaired) electrons. The SMILES string of the molecule is C=C/C=C1/CCN2Cc3ccccc3C[C@H]2/C1=C/C=C. The Balaban J connectivity index is 1.99. The van der Waals surface area contributed by atoms with Gasteiger partial charge in [0, 0.05) is 19.1 Å². The highest BCUT2D eigenvalue weighted by Gasteiger charge is 2.32. The van der Waals surface area contributed by atoms with Gasteiger partial charge < -0.3 is 0 Å². The maximum absolute atomic E-state index is 3.88. The summed E-state index contributed by atoms with van der Waals surface area (Å²) in [6.07, 6.45) is 10.4. The molecular formula is C19H21N. The number of hydrogen-bond acceptors (Lipinski definition) is 1. The zero-order valence-electron chi connectivity index (χ0n) is 11.9. The topological polar surface area (TPSA) is 3.24 Å². The van der Waals surface area contributed by atoms with Gasteiger partial charge in [0.15, 0.2) is 0 Å². The number of nitrogens with zero attached hydrogens (tertiary/aromatic N) is 1. The third-order valence-corrected chi connectivity index (χ3v) is 4.36. The molecule has 1 fully saturated rings. The molecule has 0 saturated carbocycles. The van der Waals surface area contributed by atoms with Crippen molar-refractivity contribution in [3.8, 4) is 0 Å². The smallest absolute Gasteiger partial charge is 0.0394 e. The van der Waals surface area contributed by atoms with Gasteiger partial charge in [-0.1, -0.05) is 61.7 Å². The average Bonchev–Trinajstić information content (AvgIpc) is 2.48. The first kappa shape index (κ1) is 13.1. The van der Waals surface area contributed by atoms with Crippen LogP contribution in [0.2, 0.25) is 0 Å². The summed E-state index contributed by atoms with van der Waals surface area (Å²) in [6, 6.07) is 9.31. The van der Waals surface area contributed by atoms with Crippen LogP contribution in [-0.4, -0.2) is 17.5 Å². The minimum Gasteiger partial charge on any atom is -0.291 e. The zero-order valence-corrected chi connectivity index (χ0v) is 11.9. The van der Waals surface area contributed by atoms with E-state index in [4.69, 9.17) is 0 Å². The number of allylic oxidation sites excluding steroid dienone is 4. The van der Waals surface area contributed by atoms with Crippen LogP contribution in [0, 0.1) is 0 Å². The summed E-state index contributed by atoms with van der Waals surface area (Å²) in [4.78, 5) is 2.60. The first-order valence-corrected chi connectivity index (χ1v) is 7.29. The predicted octanol–water partition coefficient (Wildman–Crippen LogP) is 4.04. The number of piperidine rings is 1. The number of benzene rings is 1. The molecule has 20 heavy (non-hydrogen) atoms. The van der Waals surface area contributed by atoms with E-state index < -0.39 is 0 Å². The largest absolute Gasteiger partial charge is 0.291 e. The van der Waals surface area contributed by atoms with Crippen LogP contribution in [-0.2, 0) is 13.0 Å². The molecule has 1 atom stereocenters. The molecule has 2 aliphatic heterocycles. The van der Waals surface area contributed by atoms with Gasteiger partial charge in [-0.3, -0.25) is 4.90 Å². The molecule has 0 amide bonds. The Hall–Kier alpha value is -1.86. The average molecular weight is 263 g/mol. The second-order valence-electron chi connectivity index (χ2n) is 5.49. The molecule has 1 heteroatoms. The third kappa shape index (κ3) is 2.30. The molecule has 1 nitrogen and oxygen atoms in total. The van der Waals surface area contributed by atoms with Crippen LogP contribution in [0.5, 0.6) is 0 Å². The van der Waals surface area contributed by atoms with Gasteiger partial charge in [-0.05, 0) is 35.1 Å². The third-order valence-electron chi connectivity index (χ3n) is 4.36. The van der Waals surface area contributed by atoms with Crippen molar-refractivity contribution in [3.05, 3.63) is 84.0 Å². The van der Waals surface area contributed by atoms with Crippen LogP contribution in [0.3, 0.4) is 0 Å². The van der Waals surface area contributed by atoms with E-state index in [1.807, 2.05) is 12.2 Å². The van der Waals surface area contributed by atoms with Gasteiger partial charge in [-0.25, -0.2) is 0 Å². The van der Waals surface area contributed by atoms with Crippen LogP contribution >= 0.6 is 0 Å². The molecule has 0 aromatic heterocycles. The number of rotatable bonds is 2. The molecule has 0 N–H and O–H groups in total. The van der Waals surface area contributed by atoms with Crippen molar-refractivity contribution in [2.75, 3.05) is 6.54 Å². The Morgan fingerprint density at radius 3 is 2.55 bits per heavy atom. The molecule has 1 aromatic rings. The Bertz CT molecular complexity index is 592. The van der Waals surface area contributed by atoms with E-state index >= 15 is 0 Å². The second-order valence-corrected chi connectivity index (χ2v) is 5.49. The van der Waals surface area contributed by atoms with Crippen LogP contribution in [0.4, 0.5) is 0 Å². The molecular weight excluding hydrogens is 242 g/mol. The van der Waals surface area contributed by atoms with E-state index in [0.717, 1.165) is 25.9 Å². The van der Waals surface area contributed by atoms with Crippen molar-refractivity contribution >= 4 is 0 Å². The number of fused-ring (bicyclic) bond motifs is 2. The van der Waals surface area contributed by atoms with Crippen molar-refractivity contribution < 1.29 is 0 Å². The highest BCUT2D eigenvalue weighted by Crippen LogP contribution is 2.35. The Morgan fingerprint density at radius 2 is 1.80 bits per heavy atom. The lowest BCUT2D eigenvalue weighted by molar-refractivity contribution is 0.184. The highest BCUT2D eigenvalue weighted by atomic mass is 15.2. The fourth-order valence-corrected chi connectivity index (χ4v) is 3.41. The van der Waals surface area contributed by atoms with Gasteiger partial charge >= 0.3 is 0 Å². The Kier molecular flexibility index (Phi) is 3.70. The predicted molar refractivity (Wildman–Crippen MR) is 85.5 cm³/mol. The fourth-order valence-electron chi connectivity index (χ4n) is 3.41. The van der Waals surface area contributed by atoms with Crippen LogP contribution in [0.15, 0.2) is 72.9 Å². The van der Waals surface area contributed by atoms with Crippen LogP contribution in [0.25, 0.3) is 0 Å². The maximum atomic E-state index is 3.88. The molecule has 0 spiro atoms. The van der Waals surface area contributed by atoms with Gasteiger partial charge in [-0.15, -0.1) is 0 Å². The van der Waals surface area contributed by atoms with Crippen LogP contribution in [0.1, 0.15) is 17.5 Å². The molecule has 1 saturated heterocycles. The Labute approximate surface area is 121 Å². The summed E-state index contributed by atoms with van der Waals surface area (Å²) in [5, 5.41) is 0. The van der Waals surface area contributed by atoms with Gasteiger partial charge in [0.1, 0.15) is 0 Å². The van der Waals surface area contributed by atoms with Gasteiger partial charge in [0.05, 0.1) is 0 Å². The molecule has 102 valence electrons. The van der Waals surface area contributed by atoms with E-state index in [1.165, 1.54) is 22.3 Å². The normalized spacial score (nSPS) is 26.1. The molecule has 2 heterocycles. The summed E-state index contributed by atoms with van der Waals surface area (Å²) in [7, 11) is 0. The summed E-state index contributed by atoms with van der Waals surface area (Å²) in [5.74, 6) is 0. The summed E-state index contributed by atoms with van der Waals surface area (Å²) in [5.41, 5.74) is 5.81. The van der Waals surface area contributed by atoms with Crippen molar-refractivity contribution in [3.63, 3.8) is 0 Å². The molecule has 0 aliphatic carbocycles. The first-order chi connectivity index (χ1) is 9.83. The summed E-state index contributed by atoms with van der Waals surface area (Å²) in [6.45, 7) is 9.93. The van der Waals surface area contributed by atoms with E-state index in [0.29, 0.717) is 6.04 Å². The lowest BCUT2D eigenvalue weighted by Gasteiger charge is -2.42. The van der Waals surface area contributed by atoms with E-state index in [9.17, 15) is 0 Å². The maximum Gasteiger partial charge on any atom is 0.0394 e. The van der Waals surface area contributed by atoms with Crippen LogP contribution < -0.4 is 0 Å². The zero-order chi connectivity index (χ0) is 13.9. The molecule has 0 unspecified atom stereocenters. The molecule has 3 rings (SSSR count). The summed E-state index contributed by atoms with van der Waals surface area (Å²) >= 11 is 0. The highest BCUT2D eigenvalue weighted by molar-refractivity contribution is 5.45. The fraction of sp³-hybridized carbons (Fsp3) is 0.263. The standard InChI is InChI=1S/C19H21N/c1-3-7-15-11-12-20-14-17-10-6-5-9-16(17)13-19(20)18(15)8-4-2/h3-10,19H,1-2,11-14H2/b15-7-,18-8+/t19-/m0/s1.